The molecule has 0 spiro atoms. The first-order chi connectivity index (χ1) is 8.64. The number of carbonyl (C=O) groups excluding carboxylic acids is 1. The summed E-state index contributed by atoms with van der Waals surface area (Å²) < 4.78 is 0. The summed E-state index contributed by atoms with van der Waals surface area (Å²) in [6, 6.07) is -0.133. The molecule has 0 aromatic rings. The molecule has 0 aromatic heterocycles. The first-order valence-electron chi connectivity index (χ1n) is 6.89. The third-order valence-corrected chi connectivity index (χ3v) is 4.24. The molecule has 1 unspecified atom stereocenters. The lowest BCUT2D eigenvalue weighted by Gasteiger charge is -2.27. The molecule has 1 saturated heterocycles. The van der Waals surface area contributed by atoms with Crippen molar-refractivity contribution in [2.45, 2.75) is 51.0 Å². The van der Waals surface area contributed by atoms with Crippen molar-refractivity contribution in [2.24, 2.45) is 5.41 Å². The Kier molecular flexibility index (Phi) is 4.22. The van der Waals surface area contributed by atoms with E-state index in [1.54, 1.807) is 0 Å². The highest BCUT2D eigenvalue weighted by Crippen LogP contribution is 2.37. The third kappa shape index (κ3) is 2.83. The van der Waals surface area contributed by atoms with Gasteiger partial charge in [-0.3, -0.25) is 9.59 Å². The molecule has 1 heterocycles. The Balaban J connectivity index is 1.85. The third-order valence-electron chi connectivity index (χ3n) is 4.24. The minimum atomic E-state index is -0.767. The van der Waals surface area contributed by atoms with Gasteiger partial charge in [-0.25, -0.2) is 0 Å². The van der Waals surface area contributed by atoms with Crippen LogP contribution in [0, 0.1) is 5.41 Å². The van der Waals surface area contributed by atoms with E-state index in [9.17, 15) is 14.7 Å². The Morgan fingerprint density at radius 3 is 2.50 bits per heavy atom. The van der Waals surface area contributed by atoms with Gasteiger partial charge in [-0.1, -0.05) is 19.3 Å². The summed E-state index contributed by atoms with van der Waals surface area (Å²) in [5, 5.41) is 15.3. The van der Waals surface area contributed by atoms with Gasteiger partial charge >= 0.3 is 5.97 Å². The van der Waals surface area contributed by atoms with E-state index >= 15 is 0 Å². The molecule has 5 nitrogen and oxygen atoms in total. The monoisotopic (exact) mass is 254 g/mol. The van der Waals surface area contributed by atoms with Gasteiger partial charge in [0.1, 0.15) is 0 Å². The van der Waals surface area contributed by atoms with E-state index in [0.717, 1.165) is 38.6 Å². The molecule has 0 aromatic carbocycles. The van der Waals surface area contributed by atoms with E-state index in [0.29, 0.717) is 12.8 Å². The van der Waals surface area contributed by atoms with Crippen LogP contribution >= 0.6 is 0 Å². The molecule has 1 saturated carbocycles. The van der Waals surface area contributed by atoms with E-state index in [-0.39, 0.29) is 18.5 Å². The summed E-state index contributed by atoms with van der Waals surface area (Å²) in [6.07, 6.45) is 6.29. The van der Waals surface area contributed by atoms with E-state index in [1.807, 2.05) is 0 Å². The van der Waals surface area contributed by atoms with Crippen molar-refractivity contribution in [2.75, 3.05) is 13.1 Å². The number of nitrogens with one attached hydrogen (secondary N) is 2. The van der Waals surface area contributed by atoms with E-state index in [4.69, 9.17) is 0 Å². The van der Waals surface area contributed by atoms with Crippen molar-refractivity contribution < 1.29 is 14.7 Å². The standard InChI is InChI=1S/C13H22N2O3/c16-11(10-5-1-4-8-14-10)15-9-13(12(17)18)6-2-3-7-13/h10,14H,1-9H2,(H,15,16)(H,17,18). The number of hydrogen-bond acceptors (Lipinski definition) is 3. The Hall–Kier alpha value is -1.10. The molecule has 2 fully saturated rings. The van der Waals surface area contributed by atoms with Crippen molar-refractivity contribution in [1.82, 2.24) is 10.6 Å². The average molecular weight is 254 g/mol. The van der Waals surface area contributed by atoms with Crippen LogP contribution in [-0.4, -0.2) is 36.1 Å². The number of hydrogen-bond donors (Lipinski definition) is 3. The minimum Gasteiger partial charge on any atom is -0.481 e. The fourth-order valence-electron chi connectivity index (χ4n) is 2.97. The maximum atomic E-state index is 12.0. The van der Waals surface area contributed by atoms with Gasteiger partial charge in [-0.05, 0) is 32.2 Å². The summed E-state index contributed by atoms with van der Waals surface area (Å²) in [5.74, 6) is -0.806. The fourth-order valence-corrected chi connectivity index (χ4v) is 2.97. The zero-order chi connectivity index (χ0) is 13.0. The normalized spacial score (nSPS) is 26.8. The van der Waals surface area contributed by atoms with Crippen molar-refractivity contribution >= 4 is 11.9 Å². The van der Waals surface area contributed by atoms with Gasteiger partial charge in [0.15, 0.2) is 0 Å². The number of rotatable bonds is 4. The molecule has 1 amide bonds. The van der Waals surface area contributed by atoms with Crippen LogP contribution in [0.3, 0.4) is 0 Å². The van der Waals surface area contributed by atoms with Crippen LogP contribution in [0.1, 0.15) is 44.9 Å². The number of carbonyl (C=O) groups is 2. The summed E-state index contributed by atoms with van der Waals surface area (Å²) >= 11 is 0. The largest absolute Gasteiger partial charge is 0.481 e. The van der Waals surface area contributed by atoms with Crippen molar-refractivity contribution in [3.63, 3.8) is 0 Å². The van der Waals surface area contributed by atoms with Crippen LogP contribution in [0.25, 0.3) is 0 Å². The van der Waals surface area contributed by atoms with Crippen LogP contribution in [0.2, 0.25) is 0 Å². The molecule has 1 aliphatic heterocycles. The molecule has 0 radical (unpaired) electrons. The van der Waals surface area contributed by atoms with Crippen LogP contribution in [0.4, 0.5) is 0 Å². The summed E-state index contributed by atoms with van der Waals surface area (Å²) in [4.78, 5) is 23.3. The molecule has 3 N–H and O–H groups in total. The Morgan fingerprint density at radius 1 is 1.22 bits per heavy atom. The molecule has 1 aliphatic carbocycles. The Bertz CT molecular complexity index is 318. The van der Waals surface area contributed by atoms with Crippen molar-refractivity contribution in [1.29, 1.82) is 0 Å². The van der Waals surface area contributed by atoms with Crippen molar-refractivity contribution in [3.8, 4) is 0 Å². The number of carboxylic acids is 1. The van der Waals surface area contributed by atoms with Gasteiger partial charge in [-0.2, -0.15) is 0 Å². The molecule has 0 bridgehead atoms. The quantitative estimate of drug-likeness (QED) is 0.696. The lowest BCUT2D eigenvalue weighted by molar-refractivity contribution is -0.148. The summed E-state index contributed by atoms with van der Waals surface area (Å²) in [7, 11) is 0. The predicted octanol–water partition coefficient (Wildman–Crippen LogP) is 0.890. The van der Waals surface area contributed by atoms with E-state index in [1.165, 1.54) is 0 Å². The number of piperidine rings is 1. The Labute approximate surface area is 107 Å². The molecule has 1 atom stereocenters. The fraction of sp³-hybridized carbons (Fsp3) is 0.846. The first kappa shape index (κ1) is 13.3. The minimum absolute atomic E-state index is 0.0396. The summed E-state index contributed by atoms with van der Waals surface area (Å²) in [6.45, 7) is 1.15. The maximum Gasteiger partial charge on any atom is 0.311 e. The molecule has 5 heteroatoms. The molecule has 102 valence electrons. The van der Waals surface area contributed by atoms with Gasteiger partial charge in [0.05, 0.1) is 11.5 Å². The summed E-state index contributed by atoms with van der Waals surface area (Å²) in [5.41, 5.74) is -0.718. The second-order valence-corrected chi connectivity index (χ2v) is 5.51. The second kappa shape index (κ2) is 5.69. The van der Waals surface area contributed by atoms with Gasteiger partial charge in [0.2, 0.25) is 5.91 Å². The Morgan fingerprint density at radius 2 is 1.94 bits per heavy atom. The van der Waals surface area contributed by atoms with Gasteiger partial charge < -0.3 is 15.7 Å². The number of aliphatic carboxylic acids is 1. The maximum absolute atomic E-state index is 12.0. The number of amides is 1. The van der Waals surface area contributed by atoms with E-state index < -0.39 is 11.4 Å². The zero-order valence-electron chi connectivity index (χ0n) is 10.7. The first-order valence-corrected chi connectivity index (χ1v) is 6.89. The topological polar surface area (TPSA) is 78.4 Å². The van der Waals surface area contributed by atoms with Gasteiger partial charge in [0.25, 0.3) is 0 Å². The molecule has 2 aliphatic rings. The van der Waals surface area contributed by atoms with Gasteiger partial charge in [-0.15, -0.1) is 0 Å². The highest BCUT2D eigenvalue weighted by Gasteiger charge is 2.41. The predicted molar refractivity (Wildman–Crippen MR) is 67.2 cm³/mol. The highest BCUT2D eigenvalue weighted by molar-refractivity contribution is 5.83. The smallest absolute Gasteiger partial charge is 0.311 e. The van der Waals surface area contributed by atoms with Crippen LogP contribution < -0.4 is 10.6 Å². The number of carboxylic acid groups (broad SMARTS) is 1. The molecular formula is C13H22N2O3. The lowest BCUT2D eigenvalue weighted by atomic mass is 9.86. The molecular weight excluding hydrogens is 232 g/mol. The van der Waals surface area contributed by atoms with Crippen molar-refractivity contribution in [3.05, 3.63) is 0 Å². The molecule has 2 rings (SSSR count). The molecule has 18 heavy (non-hydrogen) atoms. The second-order valence-electron chi connectivity index (χ2n) is 5.51. The van der Waals surface area contributed by atoms with Gasteiger partial charge in [0, 0.05) is 6.54 Å². The SMILES string of the molecule is O=C(NCC1(C(=O)O)CCCC1)C1CCCCN1. The average Bonchev–Trinajstić information content (AvgIpc) is 2.87. The van der Waals surface area contributed by atoms with Crippen LogP contribution in [0.5, 0.6) is 0 Å². The van der Waals surface area contributed by atoms with E-state index in [2.05, 4.69) is 10.6 Å². The lowest BCUT2D eigenvalue weighted by Crippen LogP contribution is -2.50. The zero-order valence-corrected chi connectivity index (χ0v) is 10.7. The van der Waals surface area contributed by atoms with Crippen LogP contribution in [-0.2, 0) is 9.59 Å². The van der Waals surface area contributed by atoms with Crippen LogP contribution in [0.15, 0.2) is 0 Å². The highest BCUT2D eigenvalue weighted by atomic mass is 16.4.